The smallest absolute Gasteiger partial charge is 0.391 e. The van der Waals surface area contributed by atoms with Crippen LogP contribution in [0, 0.1) is 5.92 Å². The van der Waals surface area contributed by atoms with Crippen LogP contribution in [0.25, 0.3) is 0 Å². The quantitative estimate of drug-likeness (QED) is 0.587. The fraction of sp³-hybridized carbons (Fsp3) is 0.929. The summed E-state index contributed by atoms with van der Waals surface area (Å²) in [5.41, 5.74) is -2.09. The summed E-state index contributed by atoms with van der Waals surface area (Å²) in [4.78, 5) is 12.1. The number of hydrogen-bond donors (Lipinski definition) is 0. The zero-order chi connectivity index (χ0) is 15.0. The van der Waals surface area contributed by atoms with Crippen LogP contribution >= 0.6 is 0 Å². The van der Waals surface area contributed by atoms with Crippen LogP contribution in [-0.4, -0.2) is 30.0 Å². The molecule has 116 valence electrons. The van der Waals surface area contributed by atoms with E-state index in [0.29, 0.717) is 25.7 Å². The van der Waals surface area contributed by atoms with Gasteiger partial charge in [-0.15, -0.1) is 0 Å². The van der Waals surface area contributed by atoms with Gasteiger partial charge in [0.05, 0.1) is 12.5 Å². The van der Waals surface area contributed by atoms with Gasteiger partial charge in [-0.3, -0.25) is 0 Å². The maximum atomic E-state index is 12.9. The van der Waals surface area contributed by atoms with E-state index >= 15 is 0 Å². The molecule has 0 aromatic heterocycles. The van der Waals surface area contributed by atoms with Gasteiger partial charge in [0.1, 0.15) is 5.60 Å². The summed E-state index contributed by atoms with van der Waals surface area (Å²) in [7, 11) is 0. The second-order valence-electron chi connectivity index (χ2n) is 5.73. The molecule has 0 aromatic carbocycles. The normalized spacial score (nSPS) is 37.0. The van der Waals surface area contributed by atoms with Crippen LogP contribution in [0.2, 0.25) is 0 Å². The van der Waals surface area contributed by atoms with E-state index < -0.39 is 29.3 Å². The minimum atomic E-state index is -4.22. The molecule has 1 spiro atoms. The number of ether oxygens (including phenoxy) is 2. The van der Waals surface area contributed by atoms with Gasteiger partial charge in [-0.25, -0.2) is 4.79 Å². The Labute approximate surface area is 116 Å². The molecule has 2 rings (SSSR count). The average molecular weight is 294 g/mol. The van der Waals surface area contributed by atoms with Crippen molar-refractivity contribution in [2.45, 2.75) is 69.8 Å². The first kappa shape index (κ1) is 15.6. The van der Waals surface area contributed by atoms with Gasteiger partial charge in [0.15, 0.2) is 5.60 Å². The van der Waals surface area contributed by atoms with Crippen LogP contribution in [0.5, 0.6) is 0 Å². The van der Waals surface area contributed by atoms with Gasteiger partial charge >= 0.3 is 12.1 Å². The SMILES string of the molecule is CCCC1(C(=O)OCC)OC12CCCC(C(F)(F)F)C2. The maximum Gasteiger partial charge on any atom is 0.391 e. The third kappa shape index (κ3) is 2.43. The summed E-state index contributed by atoms with van der Waals surface area (Å²) >= 11 is 0. The minimum Gasteiger partial charge on any atom is -0.464 e. The average Bonchev–Trinajstić information content (AvgIpc) is 2.97. The number of hydrogen-bond acceptors (Lipinski definition) is 3. The summed E-state index contributed by atoms with van der Waals surface area (Å²) in [6.07, 6.45) is -2.15. The Hall–Kier alpha value is -0.780. The summed E-state index contributed by atoms with van der Waals surface area (Å²) in [5.74, 6) is -1.87. The van der Waals surface area contributed by atoms with Gasteiger partial charge < -0.3 is 9.47 Å². The standard InChI is InChI=1S/C14H21F3O3/c1-3-7-13(11(18)19-4-2)12(20-13)8-5-6-10(9-12)14(15,16)17/h10H,3-9H2,1-2H3. The Bertz CT molecular complexity index is 382. The van der Waals surface area contributed by atoms with Crippen LogP contribution < -0.4 is 0 Å². The molecule has 0 aromatic rings. The Morgan fingerprint density at radius 3 is 2.65 bits per heavy atom. The fourth-order valence-electron chi connectivity index (χ4n) is 3.49. The zero-order valence-corrected chi connectivity index (χ0v) is 11.9. The van der Waals surface area contributed by atoms with Crippen molar-refractivity contribution in [3.05, 3.63) is 0 Å². The first-order chi connectivity index (χ1) is 9.31. The van der Waals surface area contributed by atoms with Gasteiger partial charge in [0, 0.05) is 0 Å². The number of epoxide rings is 1. The molecule has 1 aliphatic heterocycles. The highest BCUT2D eigenvalue weighted by atomic mass is 19.4. The van der Waals surface area contributed by atoms with Crippen LogP contribution in [0.1, 0.15) is 52.4 Å². The fourth-order valence-corrected chi connectivity index (χ4v) is 3.49. The van der Waals surface area contributed by atoms with Gasteiger partial charge in [-0.05, 0) is 39.0 Å². The lowest BCUT2D eigenvalue weighted by Gasteiger charge is -2.30. The van der Waals surface area contributed by atoms with Gasteiger partial charge in [-0.2, -0.15) is 13.2 Å². The molecule has 3 atom stereocenters. The van der Waals surface area contributed by atoms with E-state index in [2.05, 4.69) is 0 Å². The summed E-state index contributed by atoms with van der Waals surface area (Å²) in [5, 5.41) is 0. The molecule has 0 N–H and O–H groups in total. The molecule has 0 bridgehead atoms. The lowest BCUT2D eigenvalue weighted by Crippen LogP contribution is -2.41. The van der Waals surface area contributed by atoms with E-state index in [1.54, 1.807) is 6.92 Å². The van der Waals surface area contributed by atoms with E-state index in [1.807, 2.05) is 6.92 Å². The first-order valence-electron chi connectivity index (χ1n) is 7.25. The zero-order valence-electron chi connectivity index (χ0n) is 11.9. The summed E-state index contributed by atoms with van der Waals surface area (Å²) < 4.78 is 49.4. The van der Waals surface area contributed by atoms with Crippen molar-refractivity contribution in [1.82, 2.24) is 0 Å². The van der Waals surface area contributed by atoms with Crippen LogP contribution in [0.15, 0.2) is 0 Å². The summed E-state index contributed by atoms with van der Waals surface area (Å²) in [6.45, 7) is 3.79. The van der Waals surface area contributed by atoms with Crippen molar-refractivity contribution >= 4 is 5.97 Å². The van der Waals surface area contributed by atoms with Crippen LogP contribution in [0.4, 0.5) is 13.2 Å². The number of halogens is 3. The second kappa shape index (κ2) is 5.20. The largest absolute Gasteiger partial charge is 0.464 e. The molecular weight excluding hydrogens is 273 g/mol. The molecule has 2 fully saturated rings. The van der Waals surface area contributed by atoms with E-state index in [1.165, 1.54) is 0 Å². The van der Waals surface area contributed by atoms with Crippen molar-refractivity contribution < 1.29 is 27.4 Å². The third-order valence-electron chi connectivity index (χ3n) is 4.44. The molecule has 1 saturated heterocycles. The molecule has 6 heteroatoms. The Kier molecular flexibility index (Phi) is 4.06. The third-order valence-corrected chi connectivity index (χ3v) is 4.44. The van der Waals surface area contributed by atoms with E-state index in [4.69, 9.17) is 9.47 Å². The topological polar surface area (TPSA) is 38.8 Å². The predicted molar refractivity (Wildman–Crippen MR) is 66.1 cm³/mol. The first-order valence-corrected chi connectivity index (χ1v) is 7.25. The lowest BCUT2D eigenvalue weighted by molar-refractivity contribution is -0.187. The van der Waals surface area contributed by atoms with Crippen molar-refractivity contribution in [3.63, 3.8) is 0 Å². The predicted octanol–water partition coefficient (Wildman–Crippen LogP) is 3.61. The van der Waals surface area contributed by atoms with Gasteiger partial charge in [0.2, 0.25) is 0 Å². The number of rotatable bonds is 4. The molecule has 3 nitrogen and oxygen atoms in total. The molecule has 0 radical (unpaired) electrons. The van der Waals surface area contributed by atoms with E-state index in [0.717, 1.165) is 0 Å². The van der Waals surface area contributed by atoms with Crippen LogP contribution in [0.3, 0.4) is 0 Å². The van der Waals surface area contributed by atoms with E-state index in [9.17, 15) is 18.0 Å². The van der Waals surface area contributed by atoms with Crippen LogP contribution in [-0.2, 0) is 14.3 Å². The second-order valence-corrected chi connectivity index (χ2v) is 5.73. The van der Waals surface area contributed by atoms with E-state index in [-0.39, 0.29) is 19.4 Å². The maximum absolute atomic E-state index is 12.9. The molecule has 1 heterocycles. The molecule has 0 amide bonds. The Morgan fingerprint density at radius 2 is 2.10 bits per heavy atom. The molecular formula is C14H21F3O3. The number of alkyl halides is 3. The summed E-state index contributed by atoms with van der Waals surface area (Å²) in [6, 6.07) is 0. The number of esters is 1. The Balaban J connectivity index is 2.17. The molecule has 1 saturated carbocycles. The van der Waals surface area contributed by atoms with Gasteiger partial charge in [0.25, 0.3) is 0 Å². The lowest BCUT2D eigenvalue weighted by atomic mass is 9.73. The Morgan fingerprint density at radius 1 is 1.40 bits per heavy atom. The highest BCUT2D eigenvalue weighted by Crippen LogP contribution is 2.62. The van der Waals surface area contributed by atoms with Crippen molar-refractivity contribution in [1.29, 1.82) is 0 Å². The number of carbonyl (C=O) groups excluding carboxylic acids is 1. The molecule has 1 aliphatic carbocycles. The molecule has 20 heavy (non-hydrogen) atoms. The van der Waals surface area contributed by atoms with Crippen molar-refractivity contribution in [3.8, 4) is 0 Å². The minimum absolute atomic E-state index is 0.116. The number of carbonyl (C=O) groups is 1. The van der Waals surface area contributed by atoms with Crippen molar-refractivity contribution in [2.24, 2.45) is 5.92 Å². The van der Waals surface area contributed by atoms with Gasteiger partial charge in [-0.1, -0.05) is 13.3 Å². The van der Waals surface area contributed by atoms with Crippen molar-refractivity contribution in [2.75, 3.05) is 6.61 Å². The highest BCUT2D eigenvalue weighted by molar-refractivity contribution is 5.85. The molecule has 3 unspecified atom stereocenters. The molecule has 2 aliphatic rings. The highest BCUT2D eigenvalue weighted by Gasteiger charge is 2.76. The monoisotopic (exact) mass is 294 g/mol.